The molecular formula is C13H27ClN2O. The summed E-state index contributed by atoms with van der Waals surface area (Å²) in [6.07, 6.45) is 3.03. The highest BCUT2D eigenvalue weighted by Crippen LogP contribution is 2.28. The fraction of sp³-hybridized carbons (Fsp3) is 1.00. The molecule has 3 unspecified atom stereocenters. The Bertz CT molecular complexity index is 231. The van der Waals surface area contributed by atoms with Crippen LogP contribution in [0.25, 0.3) is 0 Å². The molecule has 0 spiro atoms. The molecule has 2 saturated heterocycles. The highest BCUT2D eigenvalue weighted by molar-refractivity contribution is 5.85. The SMILES string of the molecule is COC1CN(CC2(C)CCNC2)CCC1C.Cl. The zero-order valence-corrected chi connectivity index (χ0v) is 12.2. The predicted molar refractivity (Wildman–Crippen MR) is 73.9 cm³/mol. The van der Waals surface area contributed by atoms with Gasteiger partial charge in [-0.15, -0.1) is 12.4 Å². The summed E-state index contributed by atoms with van der Waals surface area (Å²) >= 11 is 0. The summed E-state index contributed by atoms with van der Waals surface area (Å²) in [6, 6.07) is 0. The van der Waals surface area contributed by atoms with Crippen molar-refractivity contribution in [3.05, 3.63) is 0 Å². The highest BCUT2D eigenvalue weighted by atomic mass is 35.5. The molecular weight excluding hydrogens is 236 g/mol. The molecule has 0 aromatic rings. The normalized spacial score (nSPS) is 39.0. The van der Waals surface area contributed by atoms with Crippen molar-refractivity contribution in [3.8, 4) is 0 Å². The topological polar surface area (TPSA) is 24.5 Å². The smallest absolute Gasteiger partial charge is 0.0724 e. The van der Waals surface area contributed by atoms with Crippen molar-refractivity contribution in [2.24, 2.45) is 11.3 Å². The van der Waals surface area contributed by atoms with Gasteiger partial charge < -0.3 is 15.0 Å². The summed E-state index contributed by atoms with van der Waals surface area (Å²) in [7, 11) is 1.85. The van der Waals surface area contributed by atoms with Crippen LogP contribution in [0, 0.1) is 11.3 Å². The molecule has 2 rings (SSSR count). The van der Waals surface area contributed by atoms with Gasteiger partial charge in [-0.05, 0) is 37.3 Å². The van der Waals surface area contributed by atoms with Gasteiger partial charge in [0.25, 0.3) is 0 Å². The fourth-order valence-corrected chi connectivity index (χ4v) is 3.09. The second-order valence-corrected chi connectivity index (χ2v) is 6.01. The van der Waals surface area contributed by atoms with E-state index in [0.717, 1.165) is 12.5 Å². The molecule has 2 fully saturated rings. The Kier molecular flexibility index (Phi) is 5.71. The Labute approximate surface area is 112 Å². The maximum absolute atomic E-state index is 5.57. The lowest BCUT2D eigenvalue weighted by Crippen LogP contribution is -2.48. The van der Waals surface area contributed by atoms with Crippen molar-refractivity contribution in [3.63, 3.8) is 0 Å². The van der Waals surface area contributed by atoms with Crippen LogP contribution in [0.3, 0.4) is 0 Å². The van der Waals surface area contributed by atoms with Crippen LogP contribution in [0.2, 0.25) is 0 Å². The third kappa shape index (κ3) is 3.82. The predicted octanol–water partition coefficient (Wildman–Crippen LogP) is 1.76. The zero-order chi connectivity index (χ0) is 11.6. The van der Waals surface area contributed by atoms with Gasteiger partial charge in [-0.2, -0.15) is 0 Å². The van der Waals surface area contributed by atoms with Crippen LogP contribution in [0.1, 0.15) is 26.7 Å². The average Bonchev–Trinajstić information content (AvgIpc) is 2.68. The lowest BCUT2D eigenvalue weighted by molar-refractivity contribution is -0.0148. The number of hydrogen-bond donors (Lipinski definition) is 1. The molecule has 4 heteroatoms. The zero-order valence-electron chi connectivity index (χ0n) is 11.4. The van der Waals surface area contributed by atoms with Crippen molar-refractivity contribution in [2.45, 2.75) is 32.8 Å². The van der Waals surface area contributed by atoms with E-state index < -0.39 is 0 Å². The largest absolute Gasteiger partial charge is 0.380 e. The molecule has 0 radical (unpaired) electrons. The van der Waals surface area contributed by atoms with Gasteiger partial charge in [0.15, 0.2) is 0 Å². The summed E-state index contributed by atoms with van der Waals surface area (Å²) in [4.78, 5) is 2.60. The van der Waals surface area contributed by atoms with Gasteiger partial charge in [0.1, 0.15) is 0 Å². The molecule has 0 aromatic heterocycles. The quantitative estimate of drug-likeness (QED) is 0.839. The van der Waals surface area contributed by atoms with Crippen LogP contribution in [0.4, 0.5) is 0 Å². The van der Waals surface area contributed by atoms with E-state index in [1.807, 2.05) is 7.11 Å². The van der Waals surface area contributed by atoms with E-state index >= 15 is 0 Å². The lowest BCUT2D eigenvalue weighted by Gasteiger charge is -2.40. The number of halogens is 1. The van der Waals surface area contributed by atoms with Crippen molar-refractivity contribution in [1.82, 2.24) is 10.2 Å². The monoisotopic (exact) mass is 262 g/mol. The van der Waals surface area contributed by atoms with Gasteiger partial charge in [0.05, 0.1) is 6.10 Å². The van der Waals surface area contributed by atoms with Crippen molar-refractivity contribution in [2.75, 3.05) is 39.8 Å². The molecule has 2 aliphatic heterocycles. The maximum atomic E-state index is 5.57. The first-order chi connectivity index (χ1) is 7.63. The Morgan fingerprint density at radius 3 is 2.82 bits per heavy atom. The molecule has 1 N–H and O–H groups in total. The number of nitrogens with zero attached hydrogens (tertiary/aromatic N) is 1. The summed E-state index contributed by atoms with van der Waals surface area (Å²) in [5, 5.41) is 3.48. The van der Waals surface area contributed by atoms with Crippen LogP contribution >= 0.6 is 12.4 Å². The van der Waals surface area contributed by atoms with Gasteiger partial charge in [0.2, 0.25) is 0 Å². The van der Waals surface area contributed by atoms with Crippen molar-refractivity contribution in [1.29, 1.82) is 0 Å². The maximum Gasteiger partial charge on any atom is 0.0724 e. The van der Waals surface area contributed by atoms with E-state index in [9.17, 15) is 0 Å². The minimum absolute atomic E-state index is 0. The molecule has 0 amide bonds. The Balaban J connectivity index is 0.00000144. The minimum Gasteiger partial charge on any atom is -0.380 e. The molecule has 3 nitrogen and oxygen atoms in total. The first-order valence-corrected chi connectivity index (χ1v) is 6.59. The molecule has 0 aromatic carbocycles. The van der Waals surface area contributed by atoms with Gasteiger partial charge in [-0.25, -0.2) is 0 Å². The van der Waals surface area contributed by atoms with Crippen LogP contribution in [0.15, 0.2) is 0 Å². The third-order valence-corrected chi connectivity index (χ3v) is 4.34. The number of nitrogens with one attached hydrogen (secondary N) is 1. The summed E-state index contributed by atoms with van der Waals surface area (Å²) in [6.45, 7) is 10.7. The third-order valence-electron chi connectivity index (χ3n) is 4.34. The summed E-state index contributed by atoms with van der Waals surface area (Å²) in [5.41, 5.74) is 0.485. The van der Waals surface area contributed by atoms with E-state index in [-0.39, 0.29) is 12.4 Å². The molecule has 3 atom stereocenters. The molecule has 0 aliphatic carbocycles. The average molecular weight is 263 g/mol. The Hall–Kier alpha value is 0.170. The second-order valence-electron chi connectivity index (χ2n) is 6.01. The number of likely N-dealkylation sites (tertiary alicyclic amines) is 1. The number of methoxy groups -OCH3 is 1. The molecule has 2 aliphatic rings. The lowest BCUT2D eigenvalue weighted by atomic mass is 9.87. The number of ether oxygens (including phenoxy) is 1. The van der Waals surface area contributed by atoms with E-state index in [0.29, 0.717) is 11.5 Å². The molecule has 2 heterocycles. The van der Waals surface area contributed by atoms with E-state index in [4.69, 9.17) is 4.74 Å². The Morgan fingerprint density at radius 1 is 1.47 bits per heavy atom. The van der Waals surface area contributed by atoms with Crippen molar-refractivity contribution >= 4 is 12.4 Å². The number of rotatable bonds is 3. The molecule has 17 heavy (non-hydrogen) atoms. The standard InChI is InChI=1S/C13H26N2O.ClH/c1-11-4-7-15(8-12(11)16-3)10-13(2)5-6-14-9-13;/h11-12,14H,4-10H2,1-3H3;1H. The van der Waals surface area contributed by atoms with Crippen LogP contribution < -0.4 is 5.32 Å². The van der Waals surface area contributed by atoms with Crippen LogP contribution in [-0.4, -0.2) is 50.8 Å². The molecule has 0 saturated carbocycles. The fourth-order valence-electron chi connectivity index (χ4n) is 3.09. The van der Waals surface area contributed by atoms with Gasteiger partial charge in [-0.3, -0.25) is 0 Å². The van der Waals surface area contributed by atoms with E-state index in [1.165, 1.54) is 39.0 Å². The van der Waals surface area contributed by atoms with Crippen molar-refractivity contribution < 1.29 is 4.74 Å². The van der Waals surface area contributed by atoms with Gasteiger partial charge >= 0.3 is 0 Å². The Morgan fingerprint density at radius 2 is 2.24 bits per heavy atom. The van der Waals surface area contributed by atoms with Gasteiger partial charge in [0, 0.05) is 26.7 Å². The number of piperidine rings is 1. The first-order valence-electron chi connectivity index (χ1n) is 6.59. The van der Waals surface area contributed by atoms with Gasteiger partial charge in [-0.1, -0.05) is 13.8 Å². The van der Waals surface area contributed by atoms with Crippen LogP contribution in [0.5, 0.6) is 0 Å². The second kappa shape index (κ2) is 6.37. The van der Waals surface area contributed by atoms with E-state index in [2.05, 4.69) is 24.1 Å². The highest BCUT2D eigenvalue weighted by Gasteiger charge is 2.34. The molecule has 0 bridgehead atoms. The summed E-state index contributed by atoms with van der Waals surface area (Å²) < 4.78 is 5.57. The van der Waals surface area contributed by atoms with E-state index in [1.54, 1.807) is 0 Å². The number of hydrogen-bond acceptors (Lipinski definition) is 3. The van der Waals surface area contributed by atoms with Crippen LogP contribution in [-0.2, 0) is 4.74 Å². The minimum atomic E-state index is 0. The first kappa shape index (κ1) is 15.2. The summed E-state index contributed by atoms with van der Waals surface area (Å²) in [5.74, 6) is 0.718. The molecule has 102 valence electrons.